The average molecular weight is 523 g/mol. The molecule has 10 heteroatoms. The van der Waals surface area contributed by atoms with Gasteiger partial charge in [-0.25, -0.2) is 8.42 Å². The third-order valence-electron chi connectivity index (χ3n) is 5.54. The van der Waals surface area contributed by atoms with Crippen LogP contribution in [0.1, 0.15) is 42.1 Å². The van der Waals surface area contributed by atoms with E-state index < -0.39 is 16.1 Å². The number of aliphatic hydroxyl groups is 1. The minimum absolute atomic E-state index is 0. The van der Waals surface area contributed by atoms with Crippen LogP contribution in [0.3, 0.4) is 0 Å². The van der Waals surface area contributed by atoms with Crippen molar-refractivity contribution in [2.24, 2.45) is 0 Å². The van der Waals surface area contributed by atoms with E-state index in [4.69, 9.17) is 0 Å². The summed E-state index contributed by atoms with van der Waals surface area (Å²) in [6.45, 7) is 2.20. The van der Waals surface area contributed by atoms with Gasteiger partial charge in [-0.1, -0.05) is 30.3 Å². The summed E-state index contributed by atoms with van der Waals surface area (Å²) < 4.78 is 25.2. The standard InChI is InChI=1S/C25H30N2O6S.ClH/c1-16(26-15-25(31)19-7-12-24(30)23(14-19)27-34(2,32)33)13-22(17-3-8-20(28)9-4-17)18-5-10-21(29)11-6-18;/h3-12,14,16,22,25-31H,13,15H2,1-2H3;1H/t16?,25-;/m0./s1. The lowest BCUT2D eigenvalue weighted by Gasteiger charge is -2.24. The van der Waals surface area contributed by atoms with Crippen molar-refractivity contribution in [2.75, 3.05) is 17.5 Å². The summed E-state index contributed by atoms with van der Waals surface area (Å²) in [7, 11) is -3.58. The molecule has 2 atom stereocenters. The van der Waals surface area contributed by atoms with Crippen LogP contribution in [-0.2, 0) is 10.0 Å². The number of anilines is 1. The molecule has 1 unspecified atom stereocenters. The van der Waals surface area contributed by atoms with Crippen LogP contribution in [0.15, 0.2) is 66.7 Å². The van der Waals surface area contributed by atoms with Gasteiger partial charge in [-0.2, -0.15) is 0 Å². The van der Waals surface area contributed by atoms with E-state index in [0.717, 1.165) is 17.4 Å². The Morgan fingerprint density at radius 3 is 1.80 bits per heavy atom. The molecule has 0 saturated carbocycles. The Kier molecular flexibility index (Phi) is 9.79. The van der Waals surface area contributed by atoms with Crippen molar-refractivity contribution < 1.29 is 28.8 Å². The first-order valence-electron chi connectivity index (χ1n) is 10.8. The molecule has 8 nitrogen and oxygen atoms in total. The van der Waals surface area contributed by atoms with E-state index in [0.29, 0.717) is 12.0 Å². The number of phenolic OH excluding ortho intramolecular Hbond substituents is 3. The predicted molar refractivity (Wildman–Crippen MR) is 139 cm³/mol. The zero-order valence-electron chi connectivity index (χ0n) is 19.4. The molecule has 0 aliphatic carbocycles. The van der Waals surface area contributed by atoms with Crippen LogP contribution in [0.25, 0.3) is 0 Å². The molecule has 0 fully saturated rings. The molecule has 6 N–H and O–H groups in total. The number of benzene rings is 3. The minimum Gasteiger partial charge on any atom is -0.508 e. The lowest BCUT2D eigenvalue weighted by atomic mass is 9.86. The molecule has 0 radical (unpaired) electrons. The second kappa shape index (κ2) is 12.1. The van der Waals surface area contributed by atoms with Crippen molar-refractivity contribution in [1.29, 1.82) is 0 Å². The van der Waals surface area contributed by atoms with Crippen molar-refractivity contribution in [3.8, 4) is 17.2 Å². The molecule has 0 saturated heterocycles. The summed E-state index contributed by atoms with van der Waals surface area (Å²) in [5.74, 6) is 0.121. The van der Waals surface area contributed by atoms with Crippen LogP contribution in [0.4, 0.5) is 5.69 Å². The Bertz CT molecular complexity index is 1160. The first kappa shape index (κ1) is 28.3. The summed E-state index contributed by atoms with van der Waals surface area (Å²) in [5.41, 5.74) is 2.48. The Hall–Kier alpha value is -2.98. The summed E-state index contributed by atoms with van der Waals surface area (Å²) in [6.07, 6.45) is 0.736. The highest BCUT2D eigenvalue weighted by atomic mass is 35.5. The van der Waals surface area contributed by atoms with Crippen molar-refractivity contribution in [3.63, 3.8) is 0 Å². The van der Waals surface area contributed by atoms with Gasteiger partial charge in [0.25, 0.3) is 0 Å². The molecule has 3 rings (SSSR count). The molecule has 35 heavy (non-hydrogen) atoms. The molecule has 3 aromatic rings. The van der Waals surface area contributed by atoms with Crippen molar-refractivity contribution >= 4 is 28.1 Å². The number of aliphatic hydroxyl groups excluding tert-OH is 1. The largest absolute Gasteiger partial charge is 0.508 e. The summed E-state index contributed by atoms with van der Waals surface area (Å²) in [5, 5.41) is 43.1. The lowest BCUT2D eigenvalue weighted by molar-refractivity contribution is 0.169. The zero-order chi connectivity index (χ0) is 24.9. The predicted octanol–water partition coefficient (Wildman–Crippen LogP) is 3.83. The van der Waals surface area contributed by atoms with Crippen LogP contribution in [0.2, 0.25) is 0 Å². The Morgan fingerprint density at radius 1 is 0.829 bits per heavy atom. The molecule has 0 aromatic heterocycles. The molecular weight excluding hydrogens is 492 g/mol. The highest BCUT2D eigenvalue weighted by molar-refractivity contribution is 7.92. The van der Waals surface area contributed by atoms with Crippen LogP contribution < -0.4 is 10.0 Å². The van der Waals surface area contributed by atoms with Gasteiger partial charge in [-0.15, -0.1) is 12.4 Å². The number of sulfonamides is 1. The number of nitrogens with one attached hydrogen (secondary N) is 2. The Morgan fingerprint density at radius 2 is 1.31 bits per heavy atom. The van der Waals surface area contributed by atoms with Crippen LogP contribution in [0, 0.1) is 0 Å². The van der Waals surface area contributed by atoms with E-state index in [9.17, 15) is 28.8 Å². The third-order valence-corrected chi connectivity index (χ3v) is 6.13. The molecule has 0 spiro atoms. The van der Waals surface area contributed by atoms with Gasteiger partial charge in [-0.3, -0.25) is 4.72 Å². The highest BCUT2D eigenvalue weighted by Gasteiger charge is 2.19. The normalized spacial score (nSPS) is 13.1. The fraction of sp³-hybridized carbons (Fsp3) is 0.280. The third kappa shape index (κ3) is 8.32. The van der Waals surface area contributed by atoms with Crippen LogP contribution >= 0.6 is 12.4 Å². The van der Waals surface area contributed by atoms with Gasteiger partial charge < -0.3 is 25.7 Å². The number of phenols is 3. The smallest absolute Gasteiger partial charge is 0.229 e. The lowest BCUT2D eigenvalue weighted by Crippen LogP contribution is -2.32. The molecule has 3 aromatic carbocycles. The molecule has 0 aliphatic heterocycles. The maximum atomic E-state index is 11.5. The van der Waals surface area contributed by atoms with Crippen LogP contribution in [0.5, 0.6) is 17.2 Å². The minimum atomic E-state index is -3.58. The van der Waals surface area contributed by atoms with Crippen molar-refractivity contribution in [2.45, 2.75) is 31.4 Å². The molecule has 190 valence electrons. The Labute approximate surface area is 211 Å². The van der Waals surface area contributed by atoms with E-state index in [-0.39, 0.29) is 53.8 Å². The second-order valence-corrected chi connectivity index (χ2v) is 10.2. The van der Waals surface area contributed by atoms with E-state index in [1.165, 1.54) is 18.2 Å². The SMILES string of the molecule is CC(CC(c1ccc(O)cc1)c1ccc(O)cc1)NC[C@H](O)c1ccc(O)c(NS(C)(=O)=O)c1.Cl. The number of hydrogen-bond donors (Lipinski definition) is 6. The molecule has 0 bridgehead atoms. The average Bonchev–Trinajstić information content (AvgIpc) is 2.78. The maximum Gasteiger partial charge on any atom is 0.229 e. The number of rotatable bonds is 10. The fourth-order valence-electron chi connectivity index (χ4n) is 3.79. The van der Waals surface area contributed by atoms with Crippen LogP contribution in [-0.4, -0.2) is 47.7 Å². The molecule has 0 heterocycles. The van der Waals surface area contributed by atoms with Gasteiger partial charge in [0, 0.05) is 18.5 Å². The summed E-state index contributed by atoms with van der Waals surface area (Å²) in [4.78, 5) is 0. The van der Waals surface area contributed by atoms with Gasteiger partial charge in [0.1, 0.15) is 17.2 Å². The maximum absolute atomic E-state index is 11.5. The molecule has 0 amide bonds. The first-order valence-corrected chi connectivity index (χ1v) is 12.7. The van der Waals surface area contributed by atoms with Gasteiger partial charge in [-0.05, 0) is 66.4 Å². The summed E-state index contributed by atoms with van der Waals surface area (Å²) in [6, 6.07) is 18.3. The highest BCUT2D eigenvalue weighted by Crippen LogP contribution is 2.32. The topological polar surface area (TPSA) is 139 Å². The number of aromatic hydroxyl groups is 3. The van der Waals surface area contributed by atoms with E-state index >= 15 is 0 Å². The van der Waals surface area contributed by atoms with Gasteiger partial charge >= 0.3 is 0 Å². The van der Waals surface area contributed by atoms with E-state index in [2.05, 4.69) is 10.0 Å². The zero-order valence-corrected chi connectivity index (χ0v) is 21.1. The number of hydrogen-bond acceptors (Lipinski definition) is 7. The number of halogens is 1. The monoisotopic (exact) mass is 522 g/mol. The molecule has 0 aliphatic rings. The summed E-state index contributed by atoms with van der Waals surface area (Å²) >= 11 is 0. The van der Waals surface area contributed by atoms with Gasteiger partial charge in [0.2, 0.25) is 10.0 Å². The van der Waals surface area contributed by atoms with Crippen molar-refractivity contribution in [1.82, 2.24) is 5.32 Å². The van der Waals surface area contributed by atoms with E-state index in [1.54, 1.807) is 24.3 Å². The van der Waals surface area contributed by atoms with E-state index in [1.807, 2.05) is 31.2 Å². The second-order valence-electron chi connectivity index (χ2n) is 8.45. The fourth-order valence-corrected chi connectivity index (χ4v) is 4.35. The quantitative estimate of drug-likeness (QED) is 0.222. The first-order chi connectivity index (χ1) is 16.0. The Balaban J connectivity index is 0.00000432. The van der Waals surface area contributed by atoms with Gasteiger partial charge in [0.15, 0.2) is 0 Å². The van der Waals surface area contributed by atoms with Gasteiger partial charge in [0.05, 0.1) is 18.0 Å². The molecular formula is C25H31ClN2O6S. The van der Waals surface area contributed by atoms with Crippen molar-refractivity contribution in [3.05, 3.63) is 83.4 Å².